The molecule has 0 unspecified atom stereocenters. The van der Waals surface area contributed by atoms with E-state index in [2.05, 4.69) is 201 Å². The summed E-state index contributed by atoms with van der Waals surface area (Å²) < 4.78 is 3.49. The van der Waals surface area contributed by atoms with Gasteiger partial charge >= 0.3 is 0 Å². The van der Waals surface area contributed by atoms with Crippen molar-refractivity contribution in [1.82, 2.24) is 4.57 Å². The molecule has 0 aliphatic rings. The average molecular weight is 690 g/mol. The van der Waals surface area contributed by atoms with Crippen molar-refractivity contribution in [3.05, 3.63) is 180 Å². The van der Waals surface area contributed by atoms with Gasteiger partial charge in [-0.1, -0.05) is 140 Å². The first-order chi connectivity index (χ1) is 24.2. The van der Waals surface area contributed by atoms with Gasteiger partial charge in [-0.25, -0.2) is 0 Å². The van der Waals surface area contributed by atoms with E-state index in [1.54, 1.807) is 0 Å². The van der Waals surface area contributed by atoms with Gasteiger partial charge in [-0.2, -0.15) is 0 Å². The lowest BCUT2D eigenvalue weighted by atomic mass is 10.0. The van der Waals surface area contributed by atoms with Gasteiger partial charge in [0.25, 0.3) is 0 Å². The Morgan fingerprint density at radius 1 is 0.408 bits per heavy atom. The fourth-order valence-electron chi connectivity index (χ4n) is 7.78. The molecule has 0 saturated carbocycles. The Morgan fingerprint density at radius 3 is 1.80 bits per heavy atom. The summed E-state index contributed by atoms with van der Waals surface area (Å²) in [7, 11) is 0. The molecule has 0 atom stereocenters. The first kappa shape index (κ1) is 28.1. The third-order valence-corrected chi connectivity index (χ3v) is 10.8. The number of benzene rings is 9. The normalized spacial score (nSPS) is 11.8. The van der Waals surface area contributed by atoms with Crippen LogP contribution in [-0.2, 0) is 0 Å². The van der Waals surface area contributed by atoms with Crippen LogP contribution >= 0.6 is 15.9 Å². The van der Waals surface area contributed by atoms with Crippen LogP contribution in [0.15, 0.2) is 180 Å². The number of aromatic nitrogens is 1. The summed E-state index contributed by atoms with van der Waals surface area (Å²) in [6.07, 6.45) is 0. The van der Waals surface area contributed by atoms with Crippen molar-refractivity contribution < 1.29 is 0 Å². The van der Waals surface area contributed by atoms with E-state index in [0.29, 0.717) is 0 Å². The van der Waals surface area contributed by atoms with E-state index < -0.39 is 0 Å². The minimum absolute atomic E-state index is 1.02. The molecule has 0 bridgehead atoms. The van der Waals surface area contributed by atoms with Crippen LogP contribution in [0.3, 0.4) is 0 Å². The number of fused-ring (bicyclic) bond motifs is 9. The molecule has 0 N–H and O–H groups in total. The van der Waals surface area contributed by atoms with E-state index in [1.165, 1.54) is 64.9 Å². The number of hydrogen-bond donors (Lipinski definition) is 0. The predicted molar refractivity (Wildman–Crippen MR) is 213 cm³/mol. The smallest absolute Gasteiger partial charge is 0.0656 e. The maximum absolute atomic E-state index is 4.23. The maximum Gasteiger partial charge on any atom is 0.0656 e. The minimum atomic E-state index is 1.02. The average Bonchev–Trinajstić information content (AvgIpc) is 3.51. The second kappa shape index (κ2) is 11.1. The van der Waals surface area contributed by atoms with Crippen LogP contribution in [0, 0.1) is 0 Å². The van der Waals surface area contributed by atoms with Gasteiger partial charge in [0.05, 0.1) is 32.6 Å². The van der Waals surface area contributed by atoms with Gasteiger partial charge in [-0.05, 0) is 84.6 Å². The van der Waals surface area contributed by atoms with Gasteiger partial charge in [0.15, 0.2) is 0 Å². The van der Waals surface area contributed by atoms with Gasteiger partial charge in [0.2, 0.25) is 0 Å². The van der Waals surface area contributed by atoms with E-state index in [4.69, 9.17) is 0 Å². The molecule has 1 aromatic heterocycles. The Balaban J connectivity index is 1.31. The van der Waals surface area contributed by atoms with Crippen molar-refractivity contribution >= 4 is 97.9 Å². The van der Waals surface area contributed by atoms with Crippen molar-refractivity contribution in [3.8, 4) is 5.69 Å². The molecule has 10 aromatic rings. The SMILES string of the molecule is Brc1c(N(c2ccc3ccccc3c2)c2cccc3ccccc23)cccc1-n1c2ccc3ccccc3c2c2ccc3ccccc3c21. The summed E-state index contributed by atoms with van der Waals surface area (Å²) >= 11 is 4.23. The molecule has 230 valence electrons. The number of anilines is 3. The summed E-state index contributed by atoms with van der Waals surface area (Å²) in [4.78, 5) is 2.41. The molecule has 0 saturated heterocycles. The molecular weight excluding hydrogens is 660 g/mol. The highest BCUT2D eigenvalue weighted by molar-refractivity contribution is 9.10. The lowest BCUT2D eigenvalue weighted by Gasteiger charge is -2.29. The van der Waals surface area contributed by atoms with Crippen LogP contribution in [0.1, 0.15) is 0 Å². The first-order valence-corrected chi connectivity index (χ1v) is 17.4. The molecule has 2 nitrogen and oxygen atoms in total. The Morgan fingerprint density at radius 2 is 0.980 bits per heavy atom. The number of rotatable bonds is 4. The van der Waals surface area contributed by atoms with E-state index in [9.17, 15) is 0 Å². The highest BCUT2D eigenvalue weighted by Crippen LogP contribution is 2.47. The second-order valence-electron chi connectivity index (χ2n) is 12.7. The molecule has 0 fully saturated rings. The van der Waals surface area contributed by atoms with E-state index in [1.807, 2.05) is 0 Å². The highest BCUT2D eigenvalue weighted by atomic mass is 79.9. The van der Waals surface area contributed by atoms with Crippen molar-refractivity contribution in [2.24, 2.45) is 0 Å². The van der Waals surface area contributed by atoms with Crippen LogP contribution in [0.4, 0.5) is 17.1 Å². The minimum Gasteiger partial charge on any atom is -0.309 e. The van der Waals surface area contributed by atoms with Gasteiger partial charge in [0, 0.05) is 27.2 Å². The standard InChI is InChI=1S/C46H29BrN2/c47-45-42(48(35-26-23-30-11-1-2-15-34(30)29-35)40-20-9-16-31-12-3-6-17-36(31)40)21-10-22-43(45)49-41-28-25-32-13-4-7-18-37(32)44(41)39-27-24-33-14-5-8-19-38(33)46(39)49/h1-29H. The van der Waals surface area contributed by atoms with Crippen LogP contribution < -0.4 is 4.90 Å². The zero-order chi connectivity index (χ0) is 32.5. The zero-order valence-electron chi connectivity index (χ0n) is 26.5. The molecule has 0 amide bonds. The summed E-state index contributed by atoms with van der Waals surface area (Å²) in [5.74, 6) is 0. The van der Waals surface area contributed by atoms with Crippen LogP contribution in [0.2, 0.25) is 0 Å². The number of halogens is 1. The summed E-state index contributed by atoms with van der Waals surface area (Å²) in [5.41, 5.74) is 6.79. The Hall–Kier alpha value is -5.90. The van der Waals surface area contributed by atoms with Gasteiger partial charge in [0.1, 0.15) is 0 Å². The molecule has 0 aliphatic carbocycles. The predicted octanol–water partition coefficient (Wildman–Crippen LogP) is 13.6. The fraction of sp³-hybridized carbons (Fsp3) is 0. The first-order valence-electron chi connectivity index (χ1n) is 16.6. The Labute approximate surface area is 292 Å². The molecule has 0 radical (unpaired) electrons. The molecule has 49 heavy (non-hydrogen) atoms. The molecule has 0 spiro atoms. The zero-order valence-corrected chi connectivity index (χ0v) is 28.1. The Kier molecular flexibility index (Phi) is 6.37. The molecule has 10 rings (SSSR count). The van der Waals surface area contributed by atoms with Crippen LogP contribution in [0.25, 0.3) is 70.6 Å². The second-order valence-corrected chi connectivity index (χ2v) is 13.5. The topological polar surface area (TPSA) is 8.17 Å². The molecule has 1 heterocycles. The van der Waals surface area contributed by atoms with Crippen molar-refractivity contribution in [1.29, 1.82) is 0 Å². The van der Waals surface area contributed by atoms with Crippen molar-refractivity contribution in [3.63, 3.8) is 0 Å². The summed E-state index contributed by atoms with van der Waals surface area (Å²) in [6, 6.07) is 63.8. The fourth-order valence-corrected chi connectivity index (χ4v) is 8.40. The number of nitrogens with zero attached hydrogens (tertiary/aromatic N) is 2. The third-order valence-electron chi connectivity index (χ3n) is 9.98. The molecule has 3 heteroatoms. The van der Waals surface area contributed by atoms with Gasteiger partial charge < -0.3 is 9.47 Å². The van der Waals surface area contributed by atoms with Crippen LogP contribution in [0.5, 0.6) is 0 Å². The van der Waals surface area contributed by atoms with E-state index >= 15 is 0 Å². The highest BCUT2D eigenvalue weighted by Gasteiger charge is 2.23. The van der Waals surface area contributed by atoms with Crippen molar-refractivity contribution in [2.75, 3.05) is 4.90 Å². The maximum atomic E-state index is 4.23. The third kappa shape index (κ3) is 4.33. The molecule has 9 aromatic carbocycles. The summed E-state index contributed by atoms with van der Waals surface area (Å²) in [6.45, 7) is 0. The van der Waals surface area contributed by atoms with Gasteiger partial charge in [-0.15, -0.1) is 0 Å². The lowest BCUT2D eigenvalue weighted by molar-refractivity contribution is 1.16. The van der Waals surface area contributed by atoms with Crippen LogP contribution in [-0.4, -0.2) is 4.57 Å². The molecular formula is C46H29BrN2. The largest absolute Gasteiger partial charge is 0.309 e. The number of hydrogen-bond acceptors (Lipinski definition) is 1. The lowest BCUT2D eigenvalue weighted by Crippen LogP contribution is -2.12. The monoisotopic (exact) mass is 688 g/mol. The van der Waals surface area contributed by atoms with Gasteiger partial charge in [-0.3, -0.25) is 0 Å². The Bertz CT molecular complexity index is 2910. The quantitative estimate of drug-likeness (QED) is 0.179. The van der Waals surface area contributed by atoms with E-state index in [-0.39, 0.29) is 0 Å². The van der Waals surface area contributed by atoms with Crippen molar-refractivity contribution in [2.45, 2.75) is 0 Å². The van der Waals surface area contributed by atoms with E-state index in [0.717, 1.165) is 27.2 Å². The molecule has 0 aliphatic heterocycles. The summed E-state index contributed by atoms with van der Waals surface area (Å²) in [5, 5.41) is 12.3.